The fraction of sp³-hybridized carbons (Fsp3) is 0.900. The average Bonchev–Trinajstić information content (AvgIpc) is 2.74. The smallest absolute Gasteiger partial charge is 0.306 e. The van der Waals surface area contributed by atoms with Gasteiger partial charge in [-0.25, -0.2) is 0 Å². The van der Waals surface area contributed by atoms with E-state index in [9.17, 15) is 25.2 Å². The lowest BCUT2D eigenvalue weighted by molar-refractivity contribution is -0.253. The van der Waals surface area contributed by atoms with E-state index in [1.165, 1.54) is 0 Å². The van der Waals surface area contributed by atoms with E-state index in [2.05, 4.69) is 47.6 Å². The molecule has 0 aromatic rings. The normalized spacial score (nSPS) is 57.1. The SMILES string of the molecule is C[C@H]1[C@H](C(=O)O)CC[C@]2(C)CC[C@]3(C)C(=CC[C@@H]4[C@@]5(C)CC[C@H](O)C(C)(C)[C@@H]5[C@H](O)C[C@]43C)[C@]12O. The van der Waals surface area contributed by atoms with Crippen LogP contribution < -0.4 is 0 Å². The van der Waals surface area contributed by atoms with Crippen LogP contribution in [0.4, 0.5) is 0 Å². The summed E-state index contributed by atoms with van der Waals surface area (Å²) in [4.78, 5) is 12.2. The second kappa shape index (κ2) is 7.35. The van der Waals surface area contributed by atoms with E-state index in [-0.39, 0.29) is 38.9 Å². The summed E-state index contributed by atoms with van der Waals surface area (Å²) in [5.41, 5.74) is -1.41. The second-order valence-electron chi connectivity index (χ2n) is 14.9. The van der Waals surface area contributed by atoms with E-state index >= 15 is 0 Å². The molecule has 4 fully saturated rings. The molecule has 0 saturated heterocycles. The maximum atomic E-state index is 12.7. The molecular weight excluding hydrogens is 440 g/mol. The molecule has 0 aromatic carbocycles. The van der Waals surface area contributed by atoms with E-state index in [1.54, 1.807) is 0 Å². The molecule has 0 bridgehead atoms. The number of hydrogen-bond acceptors (Lipinski definition) is 4. The van der Waals surface area contributed by atoms with E-state index in [4.69, 9.17) is 0 Å². The van der Waals surface area contributed by atoms with Crippen LogP contribution in [0.1, 0.15) is 99.8 Å². The molecule has 5 aliphatic rings. The summed E-state index contributed by atoms with van der Waals surface area (Å²) in [5, 5.41) is 45.3. The predicted octanol–water partition coefficient (Wildman–Crippen LogP) is 5.18. The minimum Gasteiger partial charge on any atom is -0.481 e. The number of aliphatic hydroxyl groups is 3. The monoisotopic (exact) mass is 488 g/mol. The van der Waals surface area contributed by atoms with Crippen LogP contribution in [0.15, 0.2) is 11.6 Å². The molecule has 5 heteroatoms. The van der Waals surface area contributed by atoms with Gasteiger partial charge in [0.1, 0.15) is 0 Å². The topological polar surface area (TPSA) is 98.0 Å². The lowest BCUT2D eigenvalue weighted by Crippen LogP contribution is -2.71. The van der Waals surface area contributed by atoms with Gasteiger partial charge in [0.25, 0.3) is 0 Å². The summed E-state index contributed by atoms with van der Waals surface area (Å²) in [5.74, 6) is -1.33. The molecular formula is C30H48O5. The van der Waals surface area contributed by atoms with E-state index in [1.807, 2.05) is 6.92 Å². The molecule has 4 N–H and O–H groups in total. The van der Waals surface area contributed by atoms with Gasteiger partial charge in [0.15, 0.2) is 0 Å². The maximum Gasteiger partial charge on any atom is 0.306 e. The Labute approximate surface area is 211 Å². The van der Waals surface area contributed by atoms with Crippen LogP contribution in [-0.2, 0) is 4.79 Å². The van der Waals surface area contributed by atoms with E-state index < -0.39 is 29.7 Å². The highest BCUT2D eigenvalue weighted by Gasteiger charge is 2.73. The van der Waals surface area contributed by atoms with Crippen LogP contribution in [0, 0.1) is 50.7 Å². The number of fused-ring (bicyclic) bond motifs is 7. The summed E-state index contributed by atoms with van der Waals surface area (Å²) < 4.78 is 0. The number of aliphatic carboxylic acids is 1. The first kappa shape index (κ1) is 25.7. The van der Waals surface area contributed by atoms with E-state index in [0.29, 0.717) is 18.8 Å². The third-order valence-electron chi connectivity index (χ3n) is 13.4. The summed E-state index contributed by atoms with van der Waals surface area (Å²) in [6, 6.07) is 0. The van der Waals surface area contributed by atoms with Crippen molar-refractivity contribution >= 4 is 5.97 Å². The Morgan fingerprint density at radius 2 is 1.63 bits per heavy atom. The molecule has 0 aliphatic heterocycles. The van der Waals surface area contributed by atoms with Crippen molar-refractivity contribution < 1.29 is 25.2 Å². The molecule has 0 unspecified atom stereocenters. The zero-order valence-electron chi connectivity index (χ0n) is 22.9. The van der Waals surface area contributed by atoms with Gasteiger partial charge in [0.2, 0.25) is 0 Å². The lowest BCUT2D eigenvalue weighted by Gasteiger charge is -2.73. The van der Waals surface area contributed by atoms with Crippen molar-refractivity contribution in [3.63, 3.8) is 0 Å². The molecule has 35 heavy (non-hydrogen) atoms. The number of carboxylic acid groups (broad SMARTS) is 1. The maximum absolute atomic E-state index is 12.7. The van der Waals surface area contributed by atoms with Gasteiger partial charge >= 0.3 is 5.97 Å². The summed E-state index contributed by atoms with van der Waals surface area (Å²) >= 11 is 0. The van der Waals surface area contributed by atoms with Crippen LogP contribution in [0.2, 0.25) is 0 Å². The van der Waals surface area contributed by atoms with Crippen LogP contribution in [0.25, 0.3) is 0 Å². The fourth-order valence-electron chi connectivity index (χ4n) is 11.2. The Balaban J connectivity index is 1.65. The predicted molar refractivity (Wildman–Crippen MR) is 135 cm³/mol. The first-order valence-corrected chi connectivity index (χ1v) is 14.0. The number of rotatable bonds is 1. The van der Waals surface area contributed by atoms with Crippen molar-refractivity contribution in [3.05, 3.63) is 11.6 Å². The molecule has 0 spiro atoms. The largest absolute Gasteiger partial charge is 0.481 e. The minimum absolute atomic E-state index is 0.0253. The van der Waals surface area contributed by atoms with Crippen molar-refractivity contribution in [2.45, 2.75) is 118 Å². The van der Waals surface area contributed by atoms with Gasteiger partial charge in [-0.05, 0) is 90.4 Å². The number of carbonyl (C=O) groups is 1. The van der Waals surface area contributed by atoms with Gasteiger partial charge in [-0.15, -0.1) is 0 Å². The highest BCUT2D eigenvalue weighted by molar-refractivity contribution is 5.71. The Hall–Kier alpha value is -0.910. The minimum atomic E-state index is -1.15. The van der Waals surface area contributed by atoms with Crippen molar-refractivity contribution in [2.24, 2.45) is 50.7 Å². The Morgan fingerprint density at radius 1 is 0.971 bits per heavy atom. The van der Waals surface area contributed by atoms with E-state index in [0.717, 1.165) is 44.1 Å². The van der Waals surface area contributed by atoms with Gasteiger partial charge in [-0.3, -0.25) is 4.79 Å². The van der Waals surface area contributed by atoms with Gasteiger partial charge in [-0.2, -0.15) is 0 Å². The van der Waals surface area contributed by atoms with Crippen LogP contribution in [0.5, 0.6) is 0 Å². The van der Waals surface area contributed by atoms with Crippen LogP contribution in [-0.4, -0.2) is 44.2 Å². The zero-order valence-corrected chi connectivity index (χ0v) is 22.9. The van der Waals surface area contributed by atoms with Gasteiger partial charge in [0, 0.05) is 11.3 Å². The van der Waals surface area contributed by atoms with Gasteiger partial charge in [-0.1, -0.05) is 54.5 Å². The van der Waals surface area contributed by atoms with Crippen LogP contribution in [0.3, 0.4) is 0 Å². The molecule has 11 atom stereocenters. The number of carboxylic acids is 1. The molecule has 5 aliphatic carbocycles. The molecule has 0 radical (unpaired) electrons. The second-order valence-corrected chi connectivity index (χ2v) is 14.9. The fourth-order valence-corrected chi connectivity index (χ4v) is 11.2. The van der Waals surface area contributed by atoms with Crippen molar-refractivity contribution in [1.82, 2.24) is 0 Å². The highest BCUT2D eigenvalue weighted by Crippen LogP contribution is 2.76. The highest BCUT2D eigenvalue weighted by atomic mass is 16.4. The third-order valence-corrected chi connectivity index (χ3v) is 13.4. The molecule has 198 valence electrons. The standard InChI is InChI=1S/C30H48O5/c1-17-18(24(33)34)10-12-26(4)14-15-28(6)21(30(17,26)35)9-8-20-27(5)13-11-22(32)25(2,3)23(27)19(31)16-29(20,28)7/h9,17-20,22-23,31-32,35H,8,10-16H2,1-7H3,(H,33,34)/t17-,18+,19+,20+,22-,23-,26+,27+,28+,29+,30+/m0/s1. The molecule has 5 rings (SSSR count). The van der Waals surface area contributed by atoms with Crippen molar-refractivity contribution in [3.8, 4) is 0 Å². The number of allylic oxidation sites excluding steroid dienone is 1. The molecule has 0 heterocycles. The Kier molecular flexibility index (Phi) is 5.40. The van der Waals surface area contributed by atoms with Gasteiger partial charge < -0.3 is 20.4 Å². The average molecular weight is 489 g/mol. The molecule has 0 aromatic heterocycles. The number of aliphatic hydroxyl groups excluding tert-OH is 2. The van der Waals surface area contributed by atoms with Crippen molar-refractivity contribution in [2.75, 3.05) is 0 Å². The first-order valence-electron chi connectivity index (χ1n) is 14.0. The van der Waals surface area contributed by atoms with Crippen LogP contribution >= 0.6 is 0 Å². The lowest BCUT2D eigenvalue weighted by atomic mass is 9.32. The Morgan fingerprint density at radius 3 is 2.26 bits per heavy atom. The third kappa shape index (κ3) is 2.84. The number of hydrogen-bond donors (Lipinski definition) is 4. The quantitative estimate of drug-likeness (QED) is 0.382. The Bertz CT molecular complexity index is 956. The van der Waals surface area contributed by atoms with Crippen molar-refractivity contribution in [1.29, 1.82) is 0 Å². The van der Waals surface area contributed by atoms with Gasteiger partial charge in [0.05, 0.1) is 23.7 Å². The molecule has 5 nitrogen and oxygen atoms in total. The summed E-state index contributed by atoms with van der Waals surface area (Å²) in [7, 11) is 0. The summed E-state index contributed by atoms with van der Waals surface area (Å²) in [6.07, 6.45) is 7.72. The first-order chi connectivity index (χ1) is 16.0. The molecule has 0 amide bonds. The molecule has 4 saturated carbocycles. The summed E-state index contributed by atoms with van der Waals surface area (Å²) in [6.45, 7) is 15.4. The zero-order chi connectivity index (χ0) is 26.0.